The van der Waals surface area contributed by atoms with Gasteiger partial charge in [0.05, 0.1) is 17.1 Å². The van der Waals surface area contributed by atoms with Crippen LogP contribution in [0.5, 0.6) is 0 Å². The van der Waals surface area contributed by atoms with Gasteiger partial charge in [0.2, 0.25) is 11.8 Å². The summed E-state index contributed by atoms with van der Waals surface area (Å²) in [6.45, 7) is 5.63. The van der Waals surface area contributed by atoms with Gasteiger partial charge in [-0.05, 0) is 57.8 Å². The SMILES string of the molecule is CC(O)C1CCN(C(C)c2nnc(-c3ccc([N+](=O)[O-])cc3)o2)CC1. The molecule has 0 bridgehead atoms. The van der Waals surface area contributed by atoms with Gasteiger partial charge in [-0.1, -0.05) is 0 Å². The minimum atomic E-state index is -0.443. The molecular formula is C17H22N4O4. The molecule has 0 amide bonds. The Hall–Kier alpha value is -2.32. The summed E-state index contributed by atoms with van der Waals surface area (Å²) in [5, 5.41) is 28.6. The molecule has 3 rings (SSSR count). The van der Waals surface area contributed by atoms with E-state index in [4.69, 9.17) is 4.42 Å². The molecule has 8 heteroatoms. The Morgan fingerprint density at radius 2 is 1.88 bits per heavy atom. The maximum absolute atomic E-state index is 10.7. The molecule has 2 unspecified atom stereocenters. The maximum atomic E-state index is 10.7. The lowest BCUT2D eigenvalue weighted by Crippen LogP contribution is -2.38. The first-order valence-electron chi connectivity index (χ1n) is 8.46. The van der Waals surface area contributed by atoms with Gasteiger partial charge in [-0.15, -0.1) is 10.2 Å². The number of hydrogen-bond donors (Lipinski definition) is 1. The van der Waals surface area contributed by atoms with E-state index in [9.17, 15) is 15.2 Å². The third-order valence-corrected chi connectivity index (χ3v) is 4.93. The number of aromatic nitrogens is 2. The van der Waals surface area contributed by atoms with E-state index in [1.54, 1.807) is 12.1 Å². The average molecular weight is 346 g/mol. The quantitative estimate of drug-likeness (QED) is 0.655. The highest BCUT2D eigenvalue weighted by atomic mass is 16.6. The molecule has 2 aromatic rings. The van der Waals surface area contributed by atoms with Crippen LogP contribution >= 0.6 is 0 Å². The molecule has 0 radical (unpaired) electrons. The number of aliphatic hydroxyl groups excluding tert-OH is 1. The minimum Gasteiger partial charge on any atom is -0.419 e. The van der Waals surface area contributed by atoms with E-state index in [1.807, 2.05) is 13.8 Å². The Bertz CT molecular complexity index is 721. The fraction of sp³-hybridized carbons (Fsp3) is 0.529. The predicted octanol–water partition coefficient (Wildman–Crippen LogP) is 2.80. The molecule has 2 heterocycles. The number of nitrogens with zero attached hydrogens (tertiary/aromatic N) is 4. The summed E-state index contributed by atoms with van der Waals surface area (Å²) in [4.78, 5) is 12.5. The molecule has 1 aromatic carbocycles. The molecule has 2 atom stereocenters. The summed E-state index contributed by atoms with van der Waals surface area (Å²) in [6.07, 6.45) is 1.63. The van der Waals surface area contributed by atoms with Crippen molar-refractivity contribution in [2.24, 2.45) is 5.92 Å². The number of nitro groups is 1. The van der Waals surface area contributed by atoms with Crippen LogP contribution in [0.25, 0.3) is 11.5 Å². The van der Waals surface area contributed by atoms with Crippen LogP contribution in [0.1, 0.15) is 38.6 Å². The van der Waals surface area contributed by atoms with Gasteiger partial charge in [0.25, 0.3) is 5.69 Å². The van der Waals surface area contributed by atoms with Gasteiger partial charge >= 0.3 is 0 Å². The Morgan fingerprint density at radius 1 is 1.24 bits per heavy atom. The fourth-order valence-electron chi connectivity index (χ4n) is 3.19. The number of nitro benzene ring substituents is 1. The number of hydrogen-bond acceptors (Lipinski definition) is 7. The van der Waals surface area contributed by atoms with Crippen LogP contribution < -0.4 is 0 Å². The molecule has 8 nitrogen and oxygen atoms in total. The number of rotatable bonds is 5. The molecule has 1 aliphatic rings. The van der Waals surface area contributed by atoms with Crippen LogP contribution in [-0.2, 0) is 0 Å². The second kappa shape index (κ2) is 7.28. The number of piperidine rings is 1. The molecule has 1 aliphatic heterocycles. The average Bonchev–Trinajstić information content (AvgIpc) is 3.11. The summed E-state index contributed by atoms with van der Waals surface area (Å²) in [6, 6.07) is 6.05. The van der Waals surface area contributed by atoms with Crippen molar-refractivity contribution in [1.82, 2.24) is 15.1 Å². The zero-order valence-corrected chi connectivity index (χ0v) is 14.3. The molecule has 0 aliphatic carbocycles. The number of aliphatic hydroxyl groups is 1. The normalized spacial score (nSPS) is 18.8. The molecule has 1 saturated heterocycles. The summed E-state index contributed by atoms with van der Waals surface area (Å²) in [7, 11) is 0. The van der Waals surface area contributed by atoms with Crippen molar-refractivity contribution in [1.29, 1.82) is 0 Å². The van der Waals surface area contributed by atoms with Crippen LogP contribution in [0.3, 0.4) is 0 Å². The first-order chi connectivity index (χ1) is 12.0. The molecule has 1 fully saturated rings. The Kier molecular flexibility index (Phi) is 5.10. The number of non-ortho nitro benzene ring substituents is 1. The van der Waals surface area contributed by atoms with Gasteiger partial charge in [0.1, 0.15) is 0 Å². The second-order valence-electron chi connectivity index (χ2n) is 6.54. The highest BCUT2D eigenvalue weighted by molar-refractivity contribution is 5.55. The topological polar surface area (TPSA) is 106 Å². The lowest BCUT2D eigenvalue weighted by molar-refractivity contribution is -0.384. The highest BCUT2D eigenvalue weighted by Crippen LogP contribution is 2.29. The third-order valence-electron chi connectivity index (χ3n) is 4.93. The monoisotopic (exact) mass is 346 g/mol. The highest BCUT2D eigenvalue weighted by Gasteiger charge is 2.28. The van der Waals surface area contributed by atoms with Crippen molar-refractivity contribution in [3.63, 3.8) is 0 Å². The van der Waals surface area contributed by atoms with Gasteiger partial charge in [0.15, 0.2) is 0 Å². The minimum absolute atomic E-state index is 0.00533. The lowest BCUT2D eigenvalue weighted by atomic mass is 9.91. The van der Waals surface area contributed by atoms with E-state index in [0.717, 1.165) is 25.9 Å². The molecule has 134 valence electrons. The summed E-state index contributed by atoms with van der Waals surface area (Å²) >= 11 is 0. The maximum Gasteiger partial charge on any atom is 0.269 e. The molecule has 25 heavy (non-hydrogen) atoms. The Balaban J connectivity index is 1.67. The smallest absolute Gasteiger partial charge is 0.269 e. The van der Waals surface area contributed by atoms with Crippen molar-refractivity contribution in [2.75, 3.05) is 13.1 Å². The first kappa shape index (κ1) is 17.5. The van der Waals surface area contributed by atoms with E-state index >= 15 is 0 Å². The van der Waals surface area contributed by atoms with E-state index in [-0.39, 0.29) is 17.8 Å². The van der Waals surface area contributed by atoms with E-state index in [2.05, 4.69) is 15.1 Å². The van der Waals surface area contributed by atoms with Gasteiger partial charge < -0.3 is 9.52 Å². The molecule has 1 N–H and O–H groups in total. The van der Waals surface area contributed by atoms with Crippen molar-refractivity contribution < 1.29 is 14.4 Å². The standard InChI is InChI=1S/C17H22N4O4/c1-11(20-9-7-13(8-10-20)12(2)22)16-18-19-17(25-16)14-3-5-15(6-4-14)21(23)24/h3-6,11-13,22H,7-10H2,1-2H3. The van der Waals surface area contributed by atoms with E-state index in [1.165, 1.54) is 12.1 Å². The summed E-state index contributed by atoms with van der Waals surface area (Å²) in [5.74, 6) is 1.24. The van der Waals surface area contributed by atoms with Gasteiger partial charge in [0, 0.05) is 17.7 Å². The number of likely N-dealkylation sites (tertiary alicyclic amines) is 1. The predicted molar refractivity (Wildman–Crippen MR) is 90.8 cm³/mol. The summed E-state index contributed by atoms with van der Waals surface area (Å²) < 4.78 is 5.78. The summed E-state index contributed by atoms with van der Waals surface area (Å²) in [5.41, 5.74) is 0.683. The zero-order chi connectivity index (χ0) is 18.0. The first-order valence-corrected chi connectivity index (χ1v) is 8.46. The van der Waals surface area contributed by atoms with Crippen LogP contribution in [0, 0.1) is 16.0 Å². The van der Waals surface area contributed by atoms with Gasteiger partial charge in [-0.3, -0.25) is 15.0 Å². The zero-order valence-electron chi connectivity index (χ0n) is 14.3. The lowest BCUT2D eigenvalue weighted by Gasteiger charge is -2.35. The van der Waals surface area contributed by atoms with Crippen LogP contribution in [0.15, 0.2) is 28.7 Å². The Morgan fingerprint density at radius 3 is 2.44 bits per heavy atom. The van der Waals surface area contributed by atoms with Crippen LogP contribution in [0.4, 0.5) is 5.69 Å². The molecule has 1 aromatic heterocycles. The van der Waals surface area contributed by atoms with Crippen molar-refractivity contribution >= 4 is 5.69 Å². The van der Waals surface area contributed by atoms with Gasteiger partial charge in [-0.2, -0.15) is 0 Å². The largest absolute Gasteiger partial charge is 0.419 e. The fourth-order valence-corrected chi connectivity index (χ4v) is 3.19. The second-order valence-corrected chi connectivity index (χ2v) is 6.54. The van der Waals surface area contributed by atoms with Crippen molar-refractivity contribution in [2.45, 2.75) is 38.8 Å². The van der Waals surface area contributed by atoms with Gasteiger partial charge in [-0.25, -0.2) is 0 Å². The van der Waals surface area contributed by atoms with Crippen LogP contribution in [0.2, 0.25) is 0 Å². The van der Waals surface area contributed by atoms with Crippen molar-refractivity contribution in [3.8, 4) is 11.5 Å². The molecular weight excluding hydrogens is 324 g/mol. The van der Waals surface area contributed by atoms with Crippen molar-refractivity contribution in [3.05, 3.63) is 40.3 Å². The third kappa shape index (κ3) is 3.85. The number of benzene rings is 1. The molecule has 0 spiro atoms. The van der Waals surface area contributed by atoms with E-state index in [0.29, 0.717) is 23.3 Å². The molecule has 0 saturated carbocycles. The Labute approximate surface area is 145 Å². The van der Waals surface area contributed by atoms with E-state index < -0.39 is 4.92 Å². The van der Waals surface area contributed by atoms with Crippen LogP contribution in [-0.4, -0.2) is 44.3 Å².